The predicted octanol–water partition coefficient (Wildman–Crippen LogP) is 2.38. The van der Waals surface area contributed by atoms with Crippen LogP contribution in [0.4, 0.5) is 13.2 Å². The fourth-order valence-corrected chi connectivity index (χ4v) is 0.927. The summed E-state index contributed by atoms with van der Waals surface area (Å²) in [6.07, 6.45) is -4.53. The number of benzene rings is 1. The summed E-state index contributed by atoms with van der Waals surface area (Å²) in [5.74, 6) is -0.438. The second-order valence-electron chi connectivity index (χ2n) is 2.58. The molecule has 0 radical (unpaired) electrons. The van der Waals surface area contributed by atoms with Gasteiger partial charge in [-0.3, -0.25) is 0 Å². The van der Waals surface area contributed by atoms with E-state index in [1.54, 1.807) is 0 Å². The molecule has 1 aromatic carbocycles. The quantitative estimate of drug-likeness (QED) is 0.774. The van der Waals surface area contributed by atoms with Crippen LogP contribution in [0.2, 0.25) is 0 Å². The highest BCUT2D eigenvalue weighted by molar-refractivity contribution is 5.85. The highest BCUT2D eigenvalue weighted by Crippen LogP contribution is 2.34. The lowest BCUT2D eigenvalue weighted by Crippen LogP contribution is -2.28. The Morgan fingerprint density at radius 2 is 1.71 bits per heavy atom. The van der Waals surface area contributed by atoms with Gasteiger partial charge in [0.1, 0.15) is 11.8 Å². The second kappa shape index (κ2) is 4.52. The fourth-order valence-electron chi connectivity index (χ4n) is 0.927. The zero-order chi connectivity index (χ0) is 10.1. The number of phenolic OH excluding ortho intramolecular Hbond substituents is 1. The first-order chi connectivity index (χ1) is 5.93. The third-order valence-electron chi connectivity index (χ3n) is 1.62. The van der Waals surface area contributed by atoms with Crippen LogP contribution in [-0.2, 0) is 0 Å². The van der Waals surface area contributed by atoms with Gasteiger partial charge in [-0.1, -0.05) is 18.2 Å². The normalized spacial score (nSPS) is 13.1. The first-order valence-electron chi connectivity index (χ1n) is 3.53. The van der Waals surface area contributed by atoms with E-state index < -0.39 is 18.0 Å². The minimum atomic E-state index is -4.53. The maximum absolute atomic E-state index is 12.1. The maximum atomic E-state index is 12.1. The van der Waals surface area contributed by atoms with Crippen LogP contribution in [0.25, 0.3) is 0 Å². The molecule has 0 heterocycles. The number of phenols is 1. The molecule has 14 heavy (non-hydrogen) atoms. The minimum Gasteiger partial charge on any atom is -0.508 e. The lowest BCUT2D eigenvalue weighted by atomic mass is 10.1. The van der Waals surface area contributed by atoms with E-state index in [9.17, 15) is 13.2 Å². The molecular formula is C8H9ClF3NO. The molecule has 0 spiro atoms. The summed E-state index contributed by atoms with van der Waals surface area (Å²) in [4.78, 5) is 0. The predicted molar refractivity (Wildman–Crippen MR) is 48.3 cm³/mol. The Balaban J connectivity index is 0.00000169. The van der Waals surface area contributed by atoms with E-state index in [2.05, 4.69) is 0 Å². The zero-order valence-electron chi connectivity index (χ0n) is 6.95. The minimum absolute atomic E-state index is 0. The van der Waals surface area contributed by atoms with E-state index in [0.29, 0.717) is 0 Å². The average Bonchev–Trinajstić information content (AvgIpc) is 2.02. The van der Waals surface area contributed by atoms with Crippen LogP contribution in [0.5, 0.6) is 5.75 Å². The molecule has 1 atom stereocenters. The third kappa shape index (κ3) is 2.78. The second-order valence-corrected chi connectivity index (χ2v) is 2.58. The Morgan fingerprint density at radius 3 is 2.14 bits per heavy atom. The lowest BCUT2D eigenvalue weighted by Gasteiger charge is -2.16. The highest BCUT2D eigenvalue weighted by atomic mass is 35.5. The molecule has 0 aliphatic rings. The van der Waals surface area contributed by atoms with Crippen LogP contribution >= 0.6 is 12.4 Å². The van der Waals surface area contributed by atoms with Crippen molar-refractivity contribution in [2.24, 2.45) is 5.73 Å². The van der Waals surface area contributed by atoms with Crippen molar-refractivity contribution in [3.05, 3.63) is 29.8 Å². The number of alkyl halides is 3. The Labute approximate surface area is 84.9 Å². The highest BCUT2D eigenvalue weighted by Gasteiger charge is 2.38. The van der Waals surface area contributed by atoms with Crippen molar-refractivity contribution in [1.29, 1.82) is 0 Å². The molecule has 2 nitrogen and oxygen atoms in total. The summed E-state index contributed by atoms with van der Waals surface area (Å²) in [6.45, 7) is 0. The SMILES string of the molecule is Cl.NC(c1ccccc1O)C(F)(F)F. The number of hydrogen-bond donors (Lipinski definition) is 2. The Kier molecular flexibility index (Phi) is 4.22. The summed E-state index contributed by atoms with van der Waals surface area (Å²) in [6, 6.07) is 3.01. The van der Waals surface area contributed by atoms with Crippen molar-refractivity contribution in [3.63, 3.8) is 0 Å². The van der Waals surface area contributed by atoms with Gasteiger partial charge in [0.15, 0.2) is 0 Å². The number of nitrogens with two attached hydrogens (primary N) is 1. The summed E-state index contributed by atoms with van der Waals surface area (Å²) < 4.78 is 36.2. The van der Waals surface area contributed by atoms with Crippen LogP contribution in [0.1, 0.15) is 11.6 Å². The van der Waals surface area contributed by atoms with E-state index >= 15 is 0 Å². The van der Waals surface area contributed by atoms with Gasteiger partial charge in [0.25, 0.3) is 0 Å². The largest absolute Gasteiger partial charge is 0.508 e. The van der Waals surface area contributed by atoms with Gasteiger partial charge in [-0.15, -0.1) is 12.4 Å². The molecule has 0 fully saturated rings. The van der Waals surface area contributed by atoms with Crippen molar-refractivity contribution in [3.8, 4) is 5.75 Å². The summed E-state index contributed by atoms with van der Waals surface area (Å²) in [5, 5.41) is 9.06. The van der Waals surface area contributed by atoms with E-state index in [1.807, 2.05) is 0 Å². The number of hydrogen-bond acceptors (Lipinski definition) is 2. The van der Waals surface area contributed by atoms with Crippen LogP contribution in [-0.4, -0.2) is 11.3 Å². The van der Waals surface area contributed by atoms with Gasteiger partial charge in [-0.25, -0.2) is 0 Å². The van der Waals surface area contributed by atoms with Gasteiger partial charge in [0, 0.05) is 5.56 Å². The van der Waals surface area contributed by atoms with Gasteiger partial charge in [-0.2, -0.15) is 13.2 Å². The molecule has 1 rings (SSSR count). The first kappa shape index (κ1) is 13.1. The standard InChI is InChI=1S/C8H8F3NO.ClH/c9-8(10,11)7(12)5-3-1-2-4-6(5)13;/h1-4,7,13H,12H2;1H. The van der Waals surface area contributed by atoms with Crippen molar-refractivity contribution in [2.45, 2.75) is 12.2 Å². The number of halogens is 4. The van der Waals surface area contributed by atoms with Crippen LogP contribution in [0, 0.1) is 0 Å². The van der Waals surface area contributed by atoms with Gasteiger partial charge in [0.05, 0.1) is 0 Å². The molecule has 0 bridgehead atoms. The Morgan fingerprint density at radius 1 is 1.21 bits per heavy atom. The molecular weight excluding hydrogens is 219 g/mol. The Hall–Kier alpha value is -0.940. The molecule has 0 aliphatic carbocycles. The van der Waals surface area contributed by atoms with Crippen molar-refractivity contribution >= 4 is 12.4 Å². The molecule has 80 valence electrons. The third-order valence-corrected chi connectivity index (χ3v) is 1.62. The van der Waals surface area contributed by atoms with Crippen molar-refractivity contribution in [2.75, 3.05) is 0 Å². The molecule has 0 aromatic heterocycles. The zero-order valence-corrected chi connectivity index (χ0v) is 7.77. The number of rotatable bonds is 1. The van der Waals surface area contributed by atoms with Crippen molar-refractivity contribution < 1.29 is 18.3 Å². The first-order valence-corrected chi connectivity index (χ1v) is 3.53. The molecule has 1 aromatic rings. The fraction of sp³-hybridized carbons (Fsp3) is 0.250. The Bertz CT molecular complexity index is 303. The van der Waals surface area contributed by atoms with Gasteiger partial charge < -0.3 is 10.8 Å². The van der Waals surface area contributed by atoms with Gasteiger partial charge in [0.2, 0.25) is 0 Å². The molecule has 0 aliphatic heterocycles. The van der Waals surface area contributed by atoms with Crippen LogP contribution in [0.3, 0.4) is 0 Å². The topological polar surface area (TPSA) is 46.2 Å². The molecule has 0 saturated carbocycles. The van der Waals surface area contributed by atoms with E-state index in [-0.39, 0.29) is 18.0 Å². The number of para-hydroxylation sites is 1. The summed E-state index contributed by atoms with van der Waals surface area (Å²) >= 11 is 0. The van der Waals surface area contributed by atoms with E-state index in [4.69, 9.17) is 10.8 Å². The van der Waals surface area contributed by atoms with Gasteiger partial charge >= 0.3 is 6.18 Å². The lowest BCUT2D eigenvalue weighted by molar-refractivity contribution is -0.149. The average molecular weight is 228 g/mol. The van der Waals surface area contributed by atoms with Crippen LogP contribution < -0.4 is 5.73 Å². The molecule has 6 heteroatoms. The van der Waals surface area contributed by atoms with Gasteiger partial charge in [-0.05, 0) is 6.07 Å². The van der Waals surface area contributed by atoms with Crippen LogP contribution in [0.15, 0.2) is 24.3 Å². The summed E-state index contributed by atoms with van der Waals surface area (Å²) in [5.41, 5.74) is 4.58. The molecule has 1 unspecified atom stereocenters. The number of aromatic hydroxyl groups is 1. The van der Waals surface area contributed by atoms with E-state index in [0.717, 1.165) is 6.07 Å². The molecule has 3 N–H and O–H groups in total. The molecule has 0 amide bonds. The van der Waals surface area contributed by atoms with Crippen molar-refractivity contribution in [1.82, 2.24) is 0 Å². The smallest absolute Gasteiger partial charge is 0.407 e. The summed E-state index contributed by atoms with van der Waals surface area (Å²) in [7, 11) is 0. The maximum Gasteiger partial charge on any atom is 0.407 e. The van der Waals surface area contributed by atoms with E-state index in [1.165, 1.54) is 18.2 Å². The monoisotopic (exact) mass is 227 g/mol. The molecule has 0 saturated heterocycles.